The first-order chi connectivity index (χ1) is 23.2. The van der Waals surface area contributed by atoms with Gasteiger partial charge in [-0.05, 0) is 79.2 Å². The number of rotatable bonds is 2. The molecule has 47 heavy (non-hydrogen) atoms. The quantitative estimate of drug-likeness (QED) is 0.197. The van der Waals surface area contributed by atoms with E-state index in [-0.39, 0.29) is 0 Å². The van der Waals surface area contributed by atoms with Gasteiger partial charge in [0.2, 0.25) is 0 Å². The van der Waals surface area contributed by atoms with E-state index in [4.69, 9.17) is 8.83 Å². The molecular weight excluding hydrogens is 576 g/mol. The van der Waals surface area contributed by atoms with E-state index in [1.165, 1.54) is 43.6 Å². The summed E-state index contributed by atoms with van der Waals surface area (Å²) in [5.41, 5.74) is 11.5. The number of nitrogens with zero attached hydrogens (tertiary/aromatic N) is 2. The normalized spacial score (nSPS) is 12.4. The van der Waals surface area contributed by atoms with E-state index in [2.05, 4.69) is 156 Å². The van der Waals surface area contributed by atoms with Gasteiger partial charge >= 0.3 is 0 Å². The maximum Gasteiger partial charge on any atom is 0.139 e. The number of fused-ring (bicyclic) bond motifs is 13. The molecule has 11 aromatic rings. The predicted molar refractivity (Wildman–Crippen MR) is 194 cm³/mol. The van der Waals surface area contributed by atoms with Gasteiger partial charge in [0.05, 0.1) is 22.1 Å². The van der Waals surface area contributed by atoms with E-state index in [9.17, 15) is 0 Å². The molecule has 0 aliphatic rings. The summed E-state index contributed by atoms with van der Waals surface area (Å²) in [4.78, 5) is 0. The SMILES string of the molecule is Cc1cc2oc3ccc(-n4c5ccccc5c5ccccc54)cc3c2c2c1oc1ccc(-n3c4ccccc4c4ccccc43)cc12. The molecule has 0 bridgehead atoms. The van der Waals surface area contributed by atoms with Crippen molar-refractivity contribution in [1.82, 2.24) is 9.13 Å². The van der Waals surface area contributed by atoms with Crippen molar-refractivity contribution in [3.63, 3.8) is 0 Å². The van der Waals surface area contributed by atoms with Crippen LogP contribution >= 0.6 is 0 Å². The summed E-state index contributed by atoms with van der Waals surface area (Å²) >= 11 is 0. The van der Waals surface area contributed by atoms with Gasteiger partial charge in [-0.15, -0.1) is 0 Å². The Bertz CT molecular complexity index is 2990. The second-order valence-corrected chi connectivity index (χ2v) is 12.6. The van der Waals surface area contributed by atoms with Crippen molar-refractivity contribution in [1.29, 1.82) is 0 Å². The second kappa shape index (κ2) is 8.93. The van der Waals surface area contributed by atoms with Crippen LogP contribution in [-0.2, 0) is 0 Å². The zero-order valence-electron chi connectivity index (χ0n) is 25.5. The Hall–Kier alpha value is -6.26. The third-order valence-electron chi connectivity index (χ3n) is 10.0. The average Bonchev–Trinajstić information content (AvgIpc) is 3.85. The number of hydrogen-bond acceptors (Lipinski definition) is 2. The van der Waals surface area contributed by atoms with Crippen LogP contribution in [0.25, 0.3) is 98.9 Å². The Morgan fingerprint density at radius 1 is 0.383 bits per heavy atom. The Morgan fingerprint density at radius 2 is 0.809 bits per heavy atom. The summed E-state index contributed by atoms with van der Waals surface area (Å²) in [6.07, 6.45) is 0. The lowest BCUT2D eigenvalue weighted by atomic mass is 10.0. The minimum Gasteiger partial charge on any atom is -0.456 e. The number of para-hydroxylation sites is 4. The summed E-state index contributed by atoms with van der Waals surface area (Å²) < 4.78 is 17.9. The van der Waals surface area contributed by atoms with Crippen molar-refractivity contribution in [2.45, 2.75) is 6.92 Å². The van der Waals surface area contributed by atoms with Crippen molar-refractivity contribution >= 4 is 87.5 Å². The first-order valence-corrected chi connectivity index (χ1v) is 16.0. The predicted octanol–water partition coefficient (Wildman–Crippen LogP) is 12.0. The summed E-state index contributed by atoms with van der Waals surface area (Å²) in [6.45, 7) is 2.11. The van der Waals surface area contributed by atoms with Gasteiger partial charge in [0.15, 0.2) is 0 Å². The molecule has 0 unspecified atom stereocenters. The standard InChI is InChI=1S/C43H26N2O2/c1-25-22-40-41(32-23-26(18-20-38(32)46-40)44-34-14-6-2-10-28(34)29-11-3-7-15-35(29)44)42-33-24-27(19-21-39(33)47-43(25)42)45-36-16-8-4-12-30(36)31-13-5-9-17-37(31)45/h2-24H,1H3. The molecule has 0 radical (unpaired) electrons. The van der Waals surface area contributed by atoms with Crippen LogP contribution in [0.4, 0.5) is 0 Å². The lowest BCUT2D eigenvalue weighted by molar-refractivity contribution is 0.660. The molecule has 4 heteroatoms. The van der Waals surface area contributed by atoms with Crippen LogP contribution in [0.2, 0.25) is 0 Å². The van der Waals surface area contributed by atoms with Crippen LogP contribution in [0.3, 0.4) is 0 Å². The monoisotopic (exact) mass is 602 g/mol. The zero-order chi connectivity index (χ0) is 30.8. The maximum absolute atomic E-state index is 6.62. The molecule has 4 aromatic heterocycles. The number of hydrogen-bond donors (Lipinski definition) is 0. The fourth-order valence-electron chi connectivity index (χ4n) is 8.02. The highest BCUT2D eigenvalue weighted by molar-refractivity contribution is 6.27. The highest BCUT2D eigenvalue weighted by Crippen LogP contribution is 2.44. The van der Waals surface area contributed by atoms with Gasteiger partial charge in [-0.3, -0.25) is 0 Å². The van der Waals surface area contributed by atoms with Crippen LogP contribution in [0.15, 0.2) is 148 Å². The topological polar surface area (TPSA) is 36.1 Å². The molecule has 11 rings (SSSR count). The molecular formula is C43H26N2O2. The molecule has 220 valence electrons. The Labute approximate surface area is 268 Å². The first kappa shape index (κ1) is 25.0. The largest absolute Gasteiger partial charge is 0.456 e. The van der Waals surface area contributed by atoms with Crippen molar-refractivity contribution in [3.8, 4) is 11.4 Å². The van der Waals surface area contributed by atoms with Crippen LogP contribution in [-0.4, -0.2) is 9.13 Å². The van der Waals surface area contributed by atoms with E-state index in [1.54, 1.807) is 0 Å². The maximum atomic E-state index is 6.62. The highest BCUT2D eigenvalue weighted by Gasteiger charge is 2.21. The molecule has 0 spiro atoms. The van der Waals surface area contributed by atoms with E-state index in [0.717, 1.165) is 60.8 Å². The first-order valence-electron chi connectivity index (χ1n) is 16.0. The molecule has 0 saturated heterocycles. The Morgan fingerprint density at radius 3 is 1.30 bits per heavy atom. The number of aromatic nitrogens is 2. The molecule has 0 aliphatic heterocycles. The summed E-state index contributed by atoms with van der Waals surface area (Å²) in [7, 11) is 0. The molecule has 7 aromatic carbocycles. The van der Waals surface area contributed by atoms with Crippen molar-refractivity contribution < 1.29 is 8.83 Å². The zero-order valence-corrected chi connectivity index (χ0v) is 25.5. The average molecular weight is 603 g/mol. The molecule has 0 amide bonds. The molecule has 0 fully saturated rings. The van der Waals surface area contributed by atoms with E-state index >= 15 is 0 Å². The third kappa shape index (κ3) is 3.26. The van der Waals surface area contributed by atoms with Gasteiger partial charge in [0.1, 0.15) is 22.3 Å². The van der Waals surface area contributed by atoms with E-state index < -0.39 is 0 Å². The van der Waals surface area contributed by atoms with Gasteiger partial charge < -0.3 is 18.0 Å². The summed E-state index contributed by atoms with van der Waals surface area (Å²) in [5, 5.41) is 9.33. The summed E-state index contributed by atoms with van der Waals surface area (Å²) in [6, 6.07) is 49.8. The Kier molecular flexibility index (Phi) is 4.75. The van der Waals surface area contributed by atoms with Crippen LogP contribution in [0, 0.1) is 6.92 Å². The molecule has 0 saturated carbocycles. The number of benzene rings is 7. The van der Waals surface area contributed by atoms with Crippen molar-refractivity contribution in [2.75, 3.05) is 0 Å². The molecule has 0 atom stereocenters. The van der Waals surface area contributed by atoms with Crippen molar-refractivity contribution in [3.05, 3.63) is 145 Å². The molecule has 4 nitrogen and oxygen atoms in total. The lowest BCUT2D eigenvalue weighted by Crippen LogP contribution is -1.93. The minimum atomic E-state index is 0.865. The third-order valence-corrected chi connectivity index (χ3v) is 10.0. The minimum absolute atomic E-state index is 0.865. The van der Waals surface area contributed by atoms with Gasteiger partial charge in [-0.1, -0.05) is 72.8 Å². The molecule has 4 heterocycles. The highest BCUT2D eigenvalue weighted by atomic mass is 16.3. The molecule has 0 aliphatic carbocycles. The van der Waals surface area contributed by atoms with Crippen LogP contribution in [0.5, 0.6) is 0 Å². The fraction of sp³-hybridized carbons (Fsp3) is 0.0233. The number of furan rings is 2. The van der Waals surface area contributed by atoms with E-state index in [0.29, 0.717) is 0 Å². The Balaban J connectivity index is 1.23. The van der Waals surface area contributed by atoms with Crippen molar-refractivity contribution in [2.24, 2.45) is 0 Å². The van der Waals surface area contributed by atoms with Crippen LogP contribution < -0.4 is 0 Å². The summed E-state index contributed by atoms with van der Waals surface area (Å²) in [5.74, 6) is 0. The lowest BCUT2D eigenvalue weighted by Gasteiger charge is -2.08. The van der Waals surface area contributed by atoms with Gasteiger partial charge in [0.25, 0.3) is 0 Å². The second-order valence-electron chi connectivity index (χ2n) is 12.6. The fourth-order valence-corrected chi connectivity index (χ4v) is 8.02. The van der Waals surface area contributed by atoms with Gasteiger partial charge in [-0.2, -0.15) is 0 Å². The number of aryl methyl sites for hydroxylation is 1. The van der Waals surface area contributed by atoms with Crippen LogP contribution in [0.1, 0.15) is 5.56 Å². The molecule has 0 N–H and O–H groups in total. The van der Waals surface area contributed by atoms with E-state index in [1.807, 2.05) is 0 Å². The van der Waals surface area contributed by atoms with Gasteiger partial charge in [0, 0.05) is 54.5 Å². The smallest absolute Gasteiger partial charge is 0.139 e. The van der Waals surface area contributed by atoms with Gasteiger partial charge in [-0.25, -0.2) is 0 Å².